The van der Waals surface area contributed by atoms with Crippen molar-refractivity contribution < 1.29 is 13.2 Å². The molecule has 2 aliphatic heterocycles. The van der Waals surface area contributed by atoms with Crippen molar-refractivity contribution in [3.63, 3.8) is 0 Å². The molecule has 2 aliphatic rings. The number of hydrogen-bond acceptors (Lipinski definition) is 5. The molecular weight excluding hydrogens is 386 g/mol. The van der Waals surface area contributed by atoms with Gasteiger partial charge < -0.3 is 4.90 Å². The number of pyridine rings is 1. The molecule has 2 saturated heterocycles. The van der Waals surface area contributed by atoms with Gasteiger partial charge in [-0.2, -0.15) is 0 Å². The summed E-state index contributed by atoms with van der Waals surface area (Å²) in [5.41, 5.74) is 3.35. The van der Waals surface area contributed by atoms with Crippen LogP contribution in [0.25, 0.3) is 11.1 Å². The van der Waals surface area contributed by atoms with Gasteiger partial charge in [0.15, 0.2) is 9.84 Å². The first-order valence-corrected chi connectivity index (χ1v) is 11.7. The number of likely N-dealkylation sites (N-methyl/N-ethyl adjacent to an activating group) is 1. The summed E-state index contributed by atoms with van der Waals surface area (Å²) in [7, 11) is -1.35. The Morgan fingerprint density at radius 2 is 1.90 bits per heavy atom. The fourth-order valence-corrected chi connectivity index (χ4v) is 5.33. The van der Waals surface area contributed by atoms with E-state index in [1.54, 1.807) is 24.0 Å². The normalized spacial score (nSPS) is 24.6. The summed E-state index contributed by atoms with van der Waals surface area (Å²) in [6, 6.07) is 11.1. The van der Waals surface area contributed by atoms with Crippen LogP contribution in [-0.4, -0.2) is 49.1 Å². The van der Waals surface area contributed by atoms with Crippen molar-refractivity contribution in [1.29, 1.82) is 0 Å². The number of hydrogen-bond donors (Lipinski definition) is 1. The van der Waals surface area contributed by atoms with Gasteiger partial charge in [-0.15, -0.1) is 0 Å². The molecular formula is C22H27N3O3S. The molecule has 2 aromatic rings. The second-order valence-corrected chi connectivity index (χ2v) is 10.4. The first-order chi connectivity index (χ1) is 13.7. The van der Waals surface area contributed by atoms with Crippen LogP contribution in [0, 0.1) is 6.92 Å². The predicted molar refractivity (Wildman–Crippen MR) is 112 cm³/mol. The van der Waals surface area contributed by atoms with Crippen LogP contribution in [0.4, 0.5) is 0 Å². The minimum Gasteiger partial charge on any atom is -0.344 e. The second-order valence-electron chi connectivity index (χ2n) is 8.14. The summed E-state index contributed by atoms with van der Waals surface area (Å²) in [4.78, 5) is 19.5. The number of likely N-dealkylation sites (tertiary alicyclic amines) is 1. The van der Waals surface area contributed by atoms with Crippen LogP contribution in [-0.2, 0) is 14.6 Å². The number of carbonyl (C=O) groups is 1. The van der Waals surface area contributed by atoms with Crippen molar-refractivity contribution in [3.8, 4) is 11.1 Å². The summed E-state index contributed by atoms with van der Waals surface area (Å²) in [6.45, 7) is 4.40. The molecule has 1 aromatic carbocycles. The Balaban J connectivity index is 1.61. The third-order valence-corrected chi connectivity index (χ3v) is 7.95. The number of amides is 1. The number of nitrogens with zero attached hydrogens (tertiary/aromatic N) is 2. The van der Waals surface area contributed by atoms with Crippen LogP contribution in [0.1, 0.15) is 43.6 Å². The maximum atomic E-state index is 12.6. The highest BCUT2D eigenvalue weighted by atomic mass is 32.2. The predicted octanol–water partition coefficient (Wildman–Crippen LogP) is 2.88. The van der Waals surface area contributed by atoms with Gasteiger partial charge in [-0.25, -0.2) is 8.42 Å². The molecule has 1 aromatic heterocycles. The maximum Gasteiger partial charge on any atom is 0.242 e. The van der Waals surface area contributed by atoms with E-state index in [2.05, 4.69) is 11.4 Å². The van der Waals surface area contributed by atoms with Crippen LogP contribution < -0.4 is 5.32 Å². The van der Waals surface area contributed by atoms with E-state index in [0.717, 1.165) is 48.3 Å². The Hall–Kier alpha value is -2.25. The molecule has 6 nitrogen and oxygen atoms in total. The molecule has 2 fully saturated rings. The van der Waals surface area contributed by atoms with E-state index in [-0.39, 0.29) is 17.7 Å². The summed E-state index contributed by atoms with van der Waals surface area (Å²) in [5, 5.41) is 3.57. The second kappa shape index (κ2) is 7.22. The third kappa shape index (κ3) is 3.57. The lowest BCUT2D eigenvalue weighted by atomic mass is 9.96. The Morgan fingerprint density at radius 1 is 1.17 bits per heavy atom. The first kappa shape index (κ1) is 20.0. The van der Waals surface area contributed by atoms with Gasteiger partial charge in [0.2, 0.25) is 5.91 Å². The lowest BCUT2D eigenvalue weighted by Crippen LogP contribution is -2.47. The smallest absolute Gasteiger partial charge is 0.242 e. The van der Waals surface area contributed by atoms with Crippen molar-refractivity contribution >= 4 is 15.7 Å². The number of carbonyl (C=O) groups excluding carboxylic acids is 1. The lowest BCUT2D eigenvalue weighted by molar-refractivity contribution is -0.131. The van der Waals surface area contributed by atoms with Gasteiger partial charge in [-0.3, -0.25) is 15.1 Å². The Kier molecular flexibility index (Phi) is 4.99. The van der Waals surface area contributed by atoms with Gasteiger partial charge >= 0.3 is 0 Å². The molecule has 4 rings (SSSR count). The summed E-state index contributed by atoms with van der Waals surface area (Å²) >= 11 is 0. The molecule has 0 saturated carbocycles. The van der Waals surface area contributed by atoms with E-state index in [0.29, 0.717) is 4.90 Å². The zero-order valence-corrected chi connectivity index (χ0v) is 17.9. The standard InChI is InChI=1S/C22H27N3O3S/c1-4-29(27,28)18-7-5-16(6-8-18)17-13-15(2)23-20(14-17)19-9-10-22(24-19)11-12-25(3)21(22)26/h5-8,13-14,19,24H,4,9-12H2,1-3H3/t19-,22+/m0/s1. The van der Waals surface area contributed by atoms with Crippen molar-refractivity contribution in [1.82, 2.24) is 15.2 Å². The minimum absolute atomic E-state index is 0.0452. The van der Waals surface area contributed by atoms with E-state index < -0.39 is 15.4 Å². The third-order valence-electron chi connectivity index (χ3n) is 6.20. The molecule has 7 heteroatoms. The number of rotatable bonds is 4. The van der Waals surface area contributed by atoms with Crippen LogP contribution in [0.5, 0.6) is 0 Å². The maximum absolute atomic E-state index is 12.6. The molecule has 0 aliphatic carbocycles. The van der Waals surface area contributed by atoms with Gasteiger partial charge in [0.1, 0.15) is 5.54 Å². The van der Waals surface area contributed by atoms with E-state index in [4.69, 9.17) is 4.98 Å². The SMILES string of the molecule is CCS(=O)(=O)c1ccc(-c2cc(C)nc([C@@H]3CC[C@]4(CCN(C)C4=O)N3)c2)cc1. The molecule has 2 atom stereocenters. The molecule has 0 radical (unpaired) electrons. The minimum atomic E-state index is -3.21. The molecule has 1 spiro atoms. The average molecular weight is 414 g/mol. The lowest BCUT2D eigenvalue weighted by Gasteiger charge is -2.23. The highest BCUT2D eigenvalue weighted by Gasteiger charge is 2.50. The topological polar surface area (TPSA) is 79.4 Å². The zero-order valence-electron chi connectivity index (χ0n) is 17.1. The van der Waals surface area contributed by atoms with E-state index in [1.807, 2.05) is 32.2 Å². The van der Waals surface area contributed by atoms with Gasteiger partial charge in [0.25, 0.3) is 0 Å². The fourth-order valence-electron chi connectivity index (χ4n) is 4.45. The van der Waals surface area contributed by atoms with Crippen LogP contribution in [0.2, 0.25) is 0 Å². The monoisotopic (exact) mass is 413 g/mol. The number of aromatic nitrogens is 1. The highest BCUT2D eigenvalue weighted by Crippen LogP contribution is 2.39. The number of sulfone groups is 1. The van der Waals surface area contributed by atoms with Crippen molar-refractivity contribution in [2.75, 3.05) is 19.3 Å². The van der Waals surface area contributed by atoms with E-state index >= 15 is 0 Å². The van der Waals surface area contributed by atoms with Gasteiger partial charge in [-0.1, -0.05) is 19.1 Å². The fraction of sp³-hybridized carbons (Fsp3) is 0.455. The van der Waals surface area contributed by atoms with Gasteiger partial charge in [-0.05, 0) is 61.6 Å². The molecule has 1 N–H and O–H groups in total. The van der Waals surface area contributed by atoms with E-state index in [9.17, 15) is 13.2 Å². The Morgan fingerprint density at radius 3 is 2.52 bits per heavy atom. The summed E-state index contributed by atoms with van der Waals surface area (Å²) in [5.74, 6) is 0.272. The van der Waals surface area contributed by atoms with Crippen LogP contribution >= 0.6 is 0 Å². The Bertz CT molecular complexity index is 1050. The average Bonchev–Trinajstić information content (AvgIpc) is 3.27. The molecule has 29 heavy (non-hydrogen) atoms. The number of benzene rings is 1. The van der Waals surface area contributed by atoms with Crippen molar-refractivity contribution in [2.24, 2.45) is 0 Å². The molecule has 3 heterocycles. The zero-order chi connectivity index (χ0) is 20.8. The van der Waals surface area contributed by atoms with Crippen LogP contribution in [0.15, 0.2) is 41.3 Å². The first-order valence-electron chi connectivity index (χ1n) is 10.1. The highest BCUT2D eigenvalue weighted by molar-refractivity contribution is 7.91. The van der Waals surface area contributed by atoms with Crippen molar-refractivity contribution in [3.05, 3.63) is 47.8 Å². The molecule has 154 valence electrons. The molecule has 1 amide bonds. The van der Waals surface area contributed by atoms with Gasteiger partial charge in [0, 0.05) is 19.3 Å². The van der Waals surface area contributed by atoms with Crippen LogP contribution in [0.3, 0.4) is 0 Å². The van der Waals surface area contributed by atoms with Crippen molar-refractivity contribution in [2.45, 2.75) is 49.6 Å². The number of nitrogens with one attached hydrogen (secondary N) is 1. The van der Waals surface area contributed by atoms with E-state index in [1.165, 1.54) is 0 Å². The molecule has 0 bridgehead atoms. The quantitative estimate of drug-likeness (QED) is 0.834. The largest absolute Gasteiger partial charge is 0.344 e. The molecule has 0 unspecified atom stereocenters. The summed E-state index contributed by atoms with van der Waals surface area (Å²) in [6.07, 6.45) is 2.55. The number of aryl methyl sites for hydroxylation is 1. The van der Waals surface area contributed by atoms with Gasteiger partial charge in [0.05, 0.1) is 22.4 Å². The summed E-state index contributed by atoms with van der Waals surface area (Å²) < 4.78 is 24.1. The Labute approximate surface area is 172 Å².